The van der Waals surface area contributed by atoms with Crippen LogP contribution in [0.4, 0.5) is 0 Å². The van der Waals surface area contributed by atoms with E-state index in [0.29, 0.717) is 0 Å². The Morgan fingerprint density at radius 3 is 2.55 bits per heavy atom. The maximum atomic E-state index is 4.73. The van der Waals surface area contributed by atoms with Gasteiger partial charge in [0, 0.05) is 55.3 Å². The molecule has 3 aromatic carbocycles. The van der Waals surface area contributed by atoms with Crippen molar-refractivity contribution < 1.29 is 20.1 Å². The van der Waals surface area contributed by atoms with Crippen LogP contribution < -0.4 is 0 Å². The first-order valence-electron chi connectivity index (χ1n) is 10.8. The van der Waals surface area contributed by atoms with Gasteiger partial charge in [0.1, 0.15) is 0 Å². The summed E-state index contributed by atoms with van der Waals surface area (Å²) in [7, 11) is 0. The van der Waals surface area contributed by atoms with E-state index in [2.05, 4.69) is 65.8 Å². The smallest absolute Gasteiger partial charge is 0.0611 e. The maximum Gasteiger partial charge on any atom is 0.0611 e. The minimum absolute atomic E-state index is 0. The molecule has 0 bridgehead atoms. The second-order valence-electron chi connectivity index (χ2n) is 8.83. The largest absolute Gasteiger partial charge is 0.337 e. The van der Waals surface area contributed by atoms with Crippen LogP contribution in [0.15, 0.2) is 85.3 Å². The SMILES string of the molecule is CC1(C)Cc2cccc3c4ccc[c-]c4c4ncc1n4c23.[Ir].[c-]1ccccc1-n1cccn1. The molecule has 5 heteroatoms. The van der Waals surface area contributed by atoms with Crippen molar-refractivity contribution in [3.8, 4) is 5.69 Å². The van der Waals surface area contributed by atoms with Crippen molar-refractivity contribution in [1.82, 2.24) is 19.2 Å². The van der Waals surface area contributed by atoms with E-state index in [9.17, 15) is 0 Å². The molecule has 0 atom stereocenters. The first-order chi connectivity index (χ1) is 15.6. The molecule has 6 aromatic rings. The molecule has 1 aliphatic heterocycles. The van der Waals surface area contributed by atoms with E-state index in [-0.39, 0.29) is 25.5 Å². The third-order valence-corrected chi connectivity index (χ3v) is 6.24. The molecule has 4 nitrogen and oxygen atoms in total. The zero-order valence-corrected chi connectivity index (χ0v) is 20.8. The van der Waals surface area contributed by atoms with Gasteiger partial charge in [0.05, 0.1) is 5.65 Å². The van der Waals surface area contributed by atoms with E-state index >= 15 is 0 Å². The predicted molar refractivity (Wildman–Crippen MR) is 128 cm³/mol. The van der Waals surface area contributed by atoms with Gasteiger partial charge in [0.2, 0.25) is 0 Å². The van der Waals surface area contributed by atoms with E-state index < -0.39 is 0 Å². The quantitative estimate of drug-likeness (QED) is 0.172. The van der Waals surface area contributed by atoms with Crippen LogP contribution in [0, 0.1) is 12.1 Å². The van der Waals surface area contributed by atoms with E-state index in [1.54, 1.807) is 10.9 Å². The molecule has 7 rings (SSSR count). The molecular weight excluding hydrogens is 585 g/mol. The zero-order chi connectivity index (χ0) is 21.7. The van der Waals surface area contributed by atoms with E-state index in [1.807, 2.05) is 48.8 Å². The standard InChI is InChI=1S/C19H15N2.C9H7N2.Ir/c1-19(2)10-12-6-5-9-14-13-7-3-4-8-15(13)18-20-11-16(19)21(18)17(12)14;1-2-5-9(6-3-1)11-8-4-7-10-11;/h3-7,9,11H,10H2,1-2H3;1-5,7-8H;/q2*-1;. The van der Waals surface area contributed by atoms with Crippen molar-refractivity contribution in [3.63, 3.8) is 0 Å². The first-order valence-corrected chi connectivity index (χ1v) is 10.8. The molecule has 3 aromatic heterocycles. The fraction of sp³-hybridized carbons (Fsp3) is 0.143. The Morgan fingerprint density at radius 2 is 1.76 bits per heavy atom. The average molecular weight is 607 g/mol. The first kappa shape index (κ1) is 21.6. The van der Waals surface area contributed by atoms with Crippen LogP contribution in [0.25, 0.3) is 33.0 Å². The number of aromatic nitrogens is 4. The molecule has 0 spiro atoms. The summed E-state index contributed by atoms with van der Waals surface area (Å²) in [5.41, 5.74) is 6.17. The normalized spacial score (nSPS) is 13.6. The summed E-state index contributed by atoms with van der Waals surface area (Å²) in [6.07, 6.45) is 6.75. The van der Waals surface area contributed by atoms with Gasteiger partial charge in [0.25, 0.3) is 0 Å². The van der Waals surface area contributed by atoms with Crippen molar-refractivity contribution >= 4 is 27.3 Å². The summed E-state index contributed by atoms with van der Waals surface area (Å²) in [5, 5.41) is 7.74. The fourth-order valence-corrected chi connectivity index (χ4v) is 4.80. The molecule has 33 heavy (non-hydrogen) atoms. The number of hydrogen-bond acceptors (Lipinski definition) is 2. The molecule has 1 radical (unpaired) electrons. The van der Waals surface area contributed by atoms with Gasteiger partial charge in [-0.2, -0.15) is 29.4 Å². The van der Waals surface area contributed by atoms with Crippen molar-refractivity contribution in [2.24, 2.45) is 0 Å². The summed E-state index contributed by atoms with van der Waals surface area (Å²) >= 11 is 0. The van der Waals surface area contributed by atoms with Crippen LogP contribution in [0.1, 0.15) is 25.1 Å². The maximum absolute atomic E-state index is 4.73. The van der Waals surface area contributed by atoms with Crippen molar-refractivity contribution in [3.05, 3.63) is 109 Å². The Kier molecular flexibility index (Phi) is 5.40. The number of benzene rings is 3. The summed E-state index contributed by atoms with van der Waals surface area (Å²) in [6, 6.07) is 29.0. The molecule has 1 aliphatic rings. The number of hydrogen-bond donors (Lipinski definition) is 0. The Bertz CT molecular complexity index is 1560. The van der Waals surface area contributed by atoms with Gasteiger partial charge < -0.3 is 4.40 Å². The molecule has 165 valence electrons. The van der Waals surface area contributed by atoms with Gasteiger partial charge in [-0.05, 0) is 29.1 Å². The average Bonchev–Trinajstić information content (AvgIpc) is 3.51. The Labute approximate surface area is 206 Å². The summed E-state index contributed by atoms with van der Waals surface area (Å²) in [5.74, 6) is 0. The Hall–Kier alpha value is -3.27. The van der Waals surface area contributed by atoms with E-state index in [0.717, 1.165) is 23.1 Å². The minimum atomic E-state index is 0. The minimum Gasteiger partial charge on any atom is -0.337 e. The fourth-order valence-electron chi connectivity index (χ4n) is 4.80. The molecular formula is C28H22IrN4-2. The third kappa shape index (κ3) is 3.49. The van der Waals surface area contributed by atoms with Crippen LogP contribution in [-0.2, 0) is 31.9 Å². The van der Waals surface area contributed by atoms with Crippen LogP contribution in [-0.4, -0.2) is 19.2 Å². The number of imidazole rings is 1. The number of nitrogens with zero attached hydrogens (tertiary/aromatic N) is 4. The molecule has 0 unspecified atom stereocenters. The summed E-state index contributed by atoms with van der Waals surface area (Å²) in [6.45, 7) is 4.61. The van der Waals surface area contributed by atoms with Gasteiger partial charge in [-0.25, -0.2) is 0 Å². The van der Waals surface area contributed by atoms with Crippen molar-refractivity contribution in [1.29, 1.82) is 0 Å². The predicted octanol–water partition coefficient (Wildman–Crippen LogP) is 5.94. The van der Waals surface area contributed by atoms with Crippen LogP contribution in [0.5, 0.6) is 0 Å². The van der Waals surface area contributed by atoms with Gasteiger partial charge in [0.15, 0.2) is 0 Å². The summed E-state index contributed by atoms with van der Waals surface area (Å²) in [4.78, 5) is 4.73. The van der Waals surface area contributed by atoms with E-state index in [1.165, 1.54) is 27.5 Å². The second-order valence-corrected chi connectivity index (χ2v) is 8.83. The number of fused-ring (bicyclic) bond motifs is 3. The van der Waals surface area contributed by atoms with Crippen LogP contribution in [0.3, 0.4) is 0 Å². The number of rotatable bonds is 1. The van der Waals surface area contributed by atoms with Crippen LogP contribution in [0.2, 0.25) is 0 Å². The Balaban J connectivity index is 0.000000162. The number of pyridine rings is 1. The molecule has 0 fully saturated rings. The topological polar surface area (TPSA) is 35.1 Å². The van der Waals surface area contributed by atoms with Gasteiger partial charge in [-0.3, -0.25) is 9.67 Å². The number of para-hydroxylation sites is 2. The van der Waals surface area contributed by atoms with Gasteiger partial charge in [-0.15, -0.1) is 35.7 Å². The summed E-state index contributed by atoms with van der Waals surface area (Å²) < 4.78 is 4.13. The van der Waals surface area contributed by atoms with Crippen molar-refractivity contribution in [2.75, 3.05) is 0 Å². The zero-order valence-electron chi connectivity index (χ0n) is 18.4. The van der Waals surface area contributed by atoms with E-state index in [4.69, 9.17) is 4.98 Å². The Morgan fingerprint density at radius 1 is 0.909 bits per heavy atom. The van der Waals surface area contributed by atoms with Gasteiger partial charge in [-0.1, -0.05) is 37.4 Å². The monoisotopic (exact) mass is 607 g/mol. The second kappa shape index (κ2) is 8.26. The van der Waals surface area contributed by atoms with Crippen LogP contribution >= 0.6 is 0 Å². The molecule has 0 amide bonds. The van der Waals surface area contributed by atoms with Gasteiger partial charge >= 0.3 is 0 Å². The molecule has 0 saturated heterocycles. The molecule has 4 heterocycles. The third-order valence-electron chi connectivity index (χ3n) is 6.24. The molecule has 0 saturated carbocycles. The molecule has 0 N–H and O–H groups in total. The molecule has 0 aliphatic carbocycles. The van der Waals surface area contributed by atoms with Crippen molar-refractivity contribution in [2.45, 2.75) is 25.7 Å².